The number of aromatic nitrogens is 4. The van der Waals surface area contributed by atoms with Gasteiger partial charge in [0.1, 0.15) is 16.9 Å². The summed E-state index contributed by atoms with van der Waals surface area (Å²) >= 11 is 1.66. The van der Waals surface area contributed by atoms with E-state index >= 15 is 0 Å². The lowest BCUT2D eigenvalue weighted by molar-refractivity contribution is 0.0410. The Labute approximate surface area is 183 Å². The van der Waals surface area contributed by atoms with Gasteiger partial charge in [-0.15, -0.1) is 11.3 Å². The molecule has 1 aliphatic heterocycles. The van der Waals surface area contributed by atoms with E-state index in [1.807, 2.05) is 24.3 Å². The number of nitrogens with zero attached hydrogens (tertiary/aromatic N) is 5. The second-order valence-corrected chi connectivity index (χ2v) is 9.02. The van der Waals surface area contributed by atoms with Gasteiger partial charge in [0.25, 0.3) is 0 Å². The lowest BCUT2D eigenvalue weighted by Crippen LogP contribution is -2.35. The van der Waals surface area contributed by atoms with Crippen LogP contribution in [0.4, 0.5) is 0 Å². The van der Waals surface area contributed by atoms with Gasteiger partial charge in [-0.3, -0.25) is 9.47 Å². The minimum atomic E-state index is -0.179. The molecular weight excluding hydrogens is 414 g/mol. The molecule has 0 saturated carbocycles. The fourth-order valence-corrected chi connectivity index (χ4v) is 5.40. The monoisotopic (exact) mass is 439 g/mol. The Morgan fingerprint density at radius 3 is 2.77 bits per heavy atom. The zero-order chi connectivity index (χ0) is 21.4. The van der Waals surface area contributed by atoms with Crippen molar-refractivity contribution in [3.05, 3.63) is 57.6 Å². The van der Waals surface area contributed by atoms with Crippen LogP contribution in [0, 0.1) is 0 Å². The Kier molecular flexibility index (Phi) is 5.47. The van der Waals surface area contributed by atoms with Crippen LogP contribution in [-0.4, -0.2) is 57.5 Å². The Bertz CT molecular complexity index is 1250. The van der Waals surface area contributed by atoms with Crippen molar-refractivity contribution in [1.82, 2.24) is 24.1 Å². The van der Waals surface area contributed by atoms with E-state index in [9.17, 15) is 4.79 Å². The Morgan fingerprint density at radius 2 is 2.03 bits per heavy atom. The van der Waals surface area contributed by atoms with Gasteiger partial charge in [-0.25, -0.2) is 9.78 Å². The second kappa shape index (κ2) is 8.41. The highest BCUT2D eigenvalue weighted by Gasteiger charge is 2.21. The fraction of sp³-hybridized carbons (Fsp3) is 0.409. The van der Waals surface area contributed by atoms with E-state index in [1.165, 1.54) is 15.7 Å². The summed E-state index contributed by atoms with van der Waals surface area (Å²) in [5, 5.41) is 5.14. The Hall–Kier alpha value is -2.75. The van der Waals surface area contributed by atoms with E-state index < -0.39 is 0 Å². The molecule has 0 amide bonds. The van der Waals surface area contributed by atoms with Crippen LogP contribution in [0.25, 0.3) is 15.9 Å². The van der Waals surface area contributed by atoms with Crippen LogP contribution in [0.5, 0.6) is 5.75 Å². The van der Waals surface area contributed by atoms with Crippen LogP contribution < -0.4 is 10.4 Å². The van der Waals surface area contributed by atoms with Crippen LogP contribution in [0.15, 0.2) is 41.5 Å². The zero-order valence-electron chi connectivity index (χ0n) is 17.7. The van der Waals surface area contributed by atoms with Crippen LogP contribution in [0.1, 0.15) is 23.3 Å². The highest BCUT2D eigenvalue weighted by molar-refractivity contribution is 7.18. The first-order valence-corrected chi connectivity index (χ1v) is 11.2. The molecule has 3 aromatic heterocycles. The third kappa shape index (κ3) is 3.84. The maximum atomic E-state index is 13.2. The van der Waals surface area contributed by atoms with Gasteiger partial charge in [-0.1, -0.05) is 12.1 Å². The standard InChI is InChI=1S/C22H25N5O3S/c1-25(16-7-9-30-10-8-16)13-18-11-19-20-23-14-24-27(20)22(28)26(21(19)31-18)12-15-3-5-17(29-2)6-4-15/h3-6,11,14,16H,7-10,12-13H2,1-2H3. The molecule has 1 aromatic carbocycles. The molecule has 5 rings (SSSR count). The Balaban J connectivity index is 1.53. The molecule has 0 radical (unpaired) electrons. The molecule has 31 heavy (non-hydrogen) atoms. The first-order chi connectivity index (χ1) is 15.1. The molecule has 0 aliphatic carbocycles. The van der Waals surface area contributed by atoms with Gasteiger partial charge in [0, 0.05) is 30.7 Å². The van der Waals surface area contributed by atoms with E-state index in [-0.39, 0.29) is 5.69 Å². The van der Waals surface area contributed by atoms with E-state index in [0.29, 0.717) is 18.2 Å². The summed E-state index contributed by atoms with van der Waals surface area (Å²) in [6.07, 6.45) is 3.55. The molecule has 0 bridgehead atoms. The van der Waals surface area contributed by atoms with E-state index in [2.05, 4.69) is 28.1 Å². The Morgan fingerprint density at radius 1 is 1.26 bits per heavy atom. The molecule has 0 spiro atoms. The van der Waals surface area contributed by atoms with Crippen molar-refractivity contribution in [2.75, 3.05) is 27.4 Å². The molecule has 0 atom stereocenters. The van der Waals surface area contributed by atoms with Crippen molar-refractivity contribution in [3.8, 4) is 5.75 Å². The SMILES string of the molecule is COc1ccc(Cn2c(=O)n3ncnc3c3cc(CN(C)C4CCOCC4)sc32)cc1. The molecule has 0 N–H and O–H groups in total. The topological polar surface area (TPSA) is 73.9 Å². The quantitative estimate of drug-likeness (QED) is 0.460. The molecular formula is C22H25N5O3S. The summed E-state index contributed by atoms with van der Waals surface area (Å²) in [7, 11) is 3.81. The minimum Gasteiger partial charge on any atom is -0.497 e. The van der Waals surface area contributed by atoms with Gasteiger partial charge in [-0.05, 0) is 43.7 Å². The highest BCUT2D eigenvalue weighted by atomic mass is 32.1. The summed E-state index contributed by atoms with van der Waals surface area (Å²) in [6.45, 7) is 2.94. The molecule has 0 unspecified atom stereocenters. The molecule has 9 heteroatoms. The third-order valence-electron chi connectivity index (χ3n) is 5.93. The lowest BCUT2D eigenvalue weighted by Gasteiger charge is -2.30. The number of fused-ring (bicyclic) bond motifs is 3. The fourth-order valence-electron chi connectivity index (χ4n) is 4.19. The molecule has 4 heterocycles. The average molecular weight is 440 g/mol. The van der Waals surface area contributed by atoms with Crippen molar-refractivity contribution in [2.24, 2.45) is 0 Å². The van der Waals surface area contributed by atoms with Gasteiger partial charge < -0.3 is 9.47 Å². The number of hydrogen-bond acceptors (Lipinski definition) is 7. The van der Waals surface area contributed by atoms with Gasteiger partial charge >= 0.3 is 5.69 Å². The molecule has 1 fully saturated rings. The number of methoxy groups -OCH3 is 1. The van der Waals surface area contributed by atoms with Crippen molar-refractivity contribution in [2.45, 2.75) is 32.0 Å². The number of benzene rings is 1. The van der Waals surface area contributed by atoms with E-state index in [4.69, 9.17) is 9.47 Å². The largest absolute Gasteiger partial charge is 0.497 e. The van der Waals surface area contributed by atoms with Gasteiger partial charge in [0.2, 0.25) is 0 Å². The normalized spacial score (nSPS) is 15.3. The summed E-state index contributed by atoms with van der Waals surface area (Å²) in [5.41, 5.74) is 1.46. The molecule has 8 nitrogen and oxygen atoms in total. The highest BCUT2D eigenvalue weighted by Crippen LogP contribution is 2.29. The number of rotatable bonds is 6. The van der Waals surface area contributed by atoms with Gasteiger partial charge in [0.05, 0.1) is 19.0 Å². The van der Waals surface area contributed by atoms with Crippen molar-refractivity contribution >= 4 is 27.2 Å². The van der Waals surface area contributed by atoms with Gasteiger partial charge in [0.15, 0.2) is 5.65 Å². The van der Waals surface area contributed by atoms with Crippen molar-refractivity contribution in [3.63, 3.8) is 0 Å². The van der Waals surface area contributed by atoms with Gasteiger partial charge in [-0.2, -0.15) is 9.61 Å². The first-order valence-electron chi connectivity index (χ1n) is 10.4. The smallest absolute Gasteiger partial charge is 0.352 e. The predicted molar refractivity (Wildman–Crippen MR) is 120 cm³/mol. The zero-order valence-corrected chi connectivity index (χ0v) is 18.5. The third-order valence-corrected chi connectivity index (χ3v) is 7.07. The maximum absolute atomic E-state index is 13.2. The maximum Gasteiger partial charge on any atom is 0.352 e. The van der Waals surface area contributed by atoms with Crippen molar-refractivity contribution in [1.29, 1.82) is 0 Å². The van der Waals surface area contributed by atoms with E-state index in [1.54, 1.807) is 23.0 Å². The summed E-state index contributed by atoms with van der Waals surface area (Å²) in [5.74, 6) is 0.794. The summed E-state index contributed by atoms with van der Waals surface area (Å²) in [4.78, 5) is 22.1. The number of hydrogen-bond donors (Lipinski definition) is 0. The predicted octanol–water partition coefficient (Wildman–Crippen LogP) is 2.77. The molecule has 1 saturated heterocycles. The van der Waals surface area contributed by atoms with Crippen LogP contribution in [-0.2, 0) is 17.8 Å². The number of thiophene rings is 1. The molecule has 1 aliphatic rings. The molecule has 162 valence electrons. The summed E-state index contributed by atoms with van der Waals surface area (Å²) < 4.78 is 13.9. The van der Waals surface area contributed by atoms with Crippen molar-refractivity contribution < 1.29 is 9.47 Å². The summed E-state index contributed by atoms with van der Waals surface area (Å²) in [6, 6.07) is 10.5. The van der Waals surface area contributed by atoms with E-state index in [0.717, 1.165) is 54.1 Å². The first kappa shape index (κ1) is 20.2. The second-order valence-electron chi connectivity index (χ2n) is 7.90. The number of ether oxygens (including phenoxy) is 2. The van der Waals surface area contributed by atoms with Crippen LogP contribution in [0.3, 0.4) is 0 Å². The lowest BCUT2D eigenvalue weighted by atomic mass is 10.1. The van der Waals surface area contributed by atoms with Crippen LogP contribution >= 0.6 is 11.3 Å². The molecule has 4 aromatic rings. The minimum absolute atomic E-state index is 0.179. The average Bonchev–Trinajstić information content (AvgIpc) is 3.45. The van der Waals surface area contributed by atoms with Crippen LogP contribution in [0.2, 0.25) is 0 Å².